The minimum atomic E-state index is -0.251. The molecule has 0 spiro atoms. The highest BCUT2D eigenvalue weighted by atomic mass is 19.1. The Morgan fingerprint density at radius 3 is 2.32 bits per heavy atom. The van der Waals surface area contributed by atoms with Gasteiger partial charge in [0.15, 0.2) is 0 Å². The number of carbonyl (C=O) groups excluding carboxylic acids is 1. The molecule has 0 aromatic heterocycles. The van der Waals surface area contributed by atoms with Crippen LogP contribution in [0.15, 0.2) is 48.5 Å². The van der Waals surface area contributed by atoms with E-state index in [2.05, 4.69) is 22.2 Å². The number of piperazine rings is 1. The van der Waals surface area contributed by atoms with Gasteiger partial charge < -0.3 is 15.0 Å². The van der Waals surface area contributed by atoms with Crippen molar-refractivity contribution in [2.24, 2.45) is 0 Å². The minimum Gasteiger partial charge on any atom is -0.494 e. The predicted molar refractivity (Wildman–Crippen MR) is 108 cm³/mol. The van der Waals surface area contributed by atoms with Gasteiger partial charge in [-0.1, -0.05) is 12.1 Å². The lowest BCUT2D eigenvalue weighted by atomic mass is 10.0. The SMILES string of the molecule is CCOc1ccc(C(=O)NC[C@H](c2ccc(F)cc2)N2CCN(C)CC2)cc1. The van der Waals surface area contributed by atoms with E-state index in [0.29, 0.717) is 18.7 Å². The van der Waals surface area contributed by atoms with E-state index in [1.807, 2.05) is 6.92 Å². The molecule has 0 unspecified atom stereocenters. The van der Waals surface area contributed by atoms with E-state index in [1.54, 1.807) is 36.4 Å². The van der Waals surface area contributed by atoms with Crippen LogP contribution in [0.5, 0.6) is 5.75 Å². The van der Waals surface area contributed by atoms with Gasteiger partial charge >= 0.3 is 0 Å². The number of nitrogens with zero attached hydrogens (tertiary/aromatic N) is 2. The number of hydrogen-bond donors (Lipinski definition) is 1. The zero-order valence-corrected chi connectivity index (χ0v) is 16.5. The Hall–Kier alpha value is -2.44. The summed E-state index contributed by atoms with van der Waals surface area (Å²) in [5, 5.41) is 3.04. The molecular formula is C22H28FN3O2. The van der Waals surface area contributed by atoms with Crippen LogP contribution in [0.3, 0.4) is 0 Å². The van der Waals surface area contributed by atoms with Gasteiger partial charge in [-0.15, -0.1) is 0 Å². The molecule has 2 aromatic carbocycles. The van der Waals surface area contributed by atoms with Gasteiger partial charge in [-0.3, -0.25) is 9.69 Å². The first-order chi connectivity index (χ1) is 13.6. The van der Waals surface area contributed by atoms with Crippen molar-refractivity contribution < 1.29 is 13.9 Å². The highest BCUT2D eigenvalue weighted by Gasteiger charge is 2.24. The van der Waals surface area contributed by atoms with Crippen molar-refractivity contribution in [3.63, 3.8) is 0 Å². The van der Waals surface area contributed by atoms with Crippen molar-refractivity contribution in [3.05, 3.63) is 65.5 Å². The highest BCUT2D eigenvalue weighted by Crippen LogP contribution is 2.22. The molecule has 1 saturated heterocycles. The first kappa shape index (κ1) is 20.3. The maximum atomic E-state index is 13.4. The third-order valence-electron chi connectivity index (χ3n) is 5.12. The number of nitrogens with one attached hydrogen (secondary N) is 1. The van der Waals surface area contributed by atoms with E-state index < -0.39 is 0 Å². The Morgan fingerprint density at radius 1 is 1.07 bits per heavy atom. The van der Waals surface area contributed by atoms with E-state index in [1.165, 1.54) is 12.1 Å². The van der Waals surface area contributed by atoms with Crippen molar-refractivity contribution >= 4 is 5.91 Å². The molecule has 1 N–H and O–H groups in total. The van der Waals surface area contributed by atoms with E-state index in [4.69, 9.17) is 4.74 Å². The van der Waals surface area contributed by atoms with Gasteiger partial charge in [-0.2, -0.15) is 0 Å². The molecule has 0 radical (unpaired) electrons. The summed E-state index contributed by atoms with van der Waals surface area (Å²) in [7, 11) is 2.11. The number of benzene rings is 2. The molecule has 2 aromatic rings. The van der Waals surface area contributed by atoms with Crippen LogP contribution < -0.4 is 10.1 Å². The summed E-state index contributed by atoms with van der Waals surface area (Å²) in [4.78, 5) is 17.2. The first-order valence-electron chi connectivity index (χ1n) is 9.76. The van der Waals surface area contributed by atoms with E-state index in [-0.39, 0.29) is 17.8 Å². The summed E-state index contributed by atoms with van der Waals surface area (Å²) in [6, 6.07) is 13.7. The molecule has 3 rings (SSSR count). The summed E-state index contributed by atoms with van der Waals surface area (Å²) in [5.41, 5.74) is 1.61. The second kappa shape index (κ2) is 9.66. The van der Waals surface area contributed by atoms with Gasteiger partial charge in [-0.05, 0) is 55.9 Å². The zero-order valence-electron chi connectivity index (χ0n) is 16.5. The quantitative estimate of drug-likeness (QED) is 0.796. The number of rotatable bonds is 7. The van der Waals surface area contributed by atoms with Crippen LogP contribution >= 0.6 is 0 Å². The van der Waals surface area contributed by atoms with Crippen LogP contribution in [0.25, 0.3) is 0 Å². The molecule has 6 heteroatoms. The fraction of sp³-hybridized carbons (Fsp3) is 0.409. The van der Waals surface area contributed by atoms with Gasteiger partial charge in [0, 0.05) is 38.3 Å². The minimum absolute atomic E-state index is 0.0148. The molecule has 1 aliphatic rings. The third kappa shape index (κ3) is 5.30. The lowest BCUT2D eigenvalue weighted by molar-refractivity contribution is 0.0886. The Balaban J connectivity index is 1.68. The molecule has 150 valence electrons. The Morgan fingerprint density at radius 2 is 1.71 bits per heavy atom. The second-order valence-corrected chi connectivity index (χ2v) is 7.07. The Kier molecular flexibility index (Phi) is 7.01. The summed E-state index contributed by atoms with van der Waals surface area (Å²) >= 11 is 0. The first-order valence-corrected chi connectivity index (χ1v) is 9.76. The molecule has 1 fully saturated rings. The van der Waals surface area contributed by atoms with Crippen LogP contribution in [-0.4, -0.2) is 62.1 Å². The van der Waals surface area contributed by atoms with E-state index in [9.17, 15) is 9.18 Å². The maximum Gasteiger partial charge on any atom is 0.251 e. The number of halogens is 1. The molecule has 28 heavy (non-hydrogen) atoms. The van der Waals surface area contributed by atoms with Crippen molar-refractivity contribution in [2.45, 2.75) is 13.0 Å². The topological polar surface area (TPSA) is 44.8 Å². The normalized spacial score (nSPS) is 16.5. The number of amides is 1. The lowest BCUT2D eigenvalue weighted by Gasteiger charge is -2.38. The van der Waals surface area contributed by atoms with Gasteiger partial charge in [0.05, 0.1) is 12.6 Å². The lowest BCUT2D eigenvalue weighted by Crippen LogP contribution is -2.48. The molecule has 0 bridgehead atoms. The largest absolute Gasteiger partial charge is 0.494 e. The Bertz CT molecular complexity index is 756. The number of ether oxygens (including phenoxy) is 1. The molecule has 1 atom stereocenters. The average molecular weight is 385 g/mol. The highest BCUT2D eigenvalue weighted by molar-refractivity contribution is 5.94. The smallest absolute Gasteiger partial charge is 0.251 e. The van der Waals surface area contributed by atoms with Gasteiger partial charge in [0.1, 0.15) is 11.6 Å². The summed E-state index contributed by atoms with van der Waals surface area (Å²) in [6.45, 7) is 6.77. The van der Waals surface area contributed by atoms with Crippen LogP contribution in [0.2, 0.25) is 0 Å². The number of hydrogen-bond acceptors (Lipinski definition) is 4. The molecule has 5 nitrogen and oxygen atoms in total. The third-order valence-corrected chi connectivity index (χ3v) is 5.12. The number of likely N-dealkylation sites (N-methyl/N-ethyl adjacent to an activating group) is 1. The second-order valence-electron chi connectivity index (χ2n) is 7.07. The van der Waals surface area contributed by atoms with Crippen molar-refractivity contribution in [2.75, 3.05) is 46.4 Å². The fourth-order valence-corrected chi connectivity index (χ4v) is 3.44. The molecule has 0 saturated carbocycles. The molecule has 0 aliphatic carbocycles. The Labute approximate surface area is 166 Å². The van der Waals surface area contributed by atoms with Gasteiger partial charge in [0.25, 0.3) is 5.91 Å². The van der Waals surface area contributed by atoms with Gasteiger partial charge in [-0.25, -0.2) is 4.39 Å². The monoisotopic (exact) mass is 385 g/mol. The maximum absolute atomic E-state index is 13.4. The molecule has 1 heterocycles. The summed E-state index contributed by atoms with van der Waals surface area (Å²) in [5.74, 6) is 0.379. The standard InChI is InChI=1S/C22H28FN3O2/c1-3-28-20-10-6-18(7-11-20)22(27)24-16-21(17-4-8-19(23)9-5-17)26-14-12-25(2)13-15-26/h4-11,21H,3,12-16H2,1-2H3,(H,24,27)/t21-/m1/s1. The molecule has 1 aliphatic heterocycles. The van der Waals surface area contributed by atoms with Crippen LogP contribution in [0, 0.1) is 5.82 Å². The fourth-order valence-electron chi connectivity index (χ4n) is 3.44. The van der Waals surface area contributed by atoms with Crippen LogP contribution in [-0.2, 0) is 0 Å². The van der Waals surface area contributed by atoms with Crippen LogP contribution in [0.1, 0.15) is 28.9 Å². The average Bonchev–Trinajstić information content (AvgIpc) is 2.71. The van der Waals surface area contributed by atoms with Crippen molar-refractivity contribution in [1.29, 1.82) is 0 Å². The number of carbonyl (C=O) groups is 1. The summed E-state index contributed by atoms with van der Waals surface area (Å²) in [6.07, 6.45) is 0. The van der Waals surface area contributed by atoms with Crippen molar-refractivity contribution in [3.8, 4) is 5.75 Å². The predicted octanol–water partition coefficient (Wildman–Crippen LogP) is 2.94. The van der Waals surface area contributed by atoms with Crippen molar-refractivity contribution in [1.82, 2.24) is 15.1 Å². The van der Waals surface area contributed by atoms with Gasteiger partial charge in [0.2, 0.25) is 0 Å². The van der Waals surface area contributed by atoms with Crippen LogP contribution in [0.4, 0.5) is 4.39 Å². The molecule has 1 amide bonds. The molecular weight excluding hydrogens is 357 g/mol. The van der Waals surface area contributed by atoms with E-state index in [0.717, 1.165) is 37.5 Å². The zero-order chi connectivity index (χ0) is 19.9. The summed E-state index contributed by atoms with van der Waals surface area (Å²) < 4.78 is 18.8. The van der Waals surface area contributed by atoms with E-state index >= 15 is 0 Å².